The van der Waals surface area contributed by atoms with Crippen molar-refractivity contribution in [1.82, 2.24) is 0 Å². The molecular weight excluding hydrogens is 215 g/mol. The molecule has 0 fully saturated rings. The van der Waals surface area contributed by atoms with E-state index in [-0.39, 0.29) is 18.4 Å². The summed E-state index contributed by atoms with van der Waals surface area (Å²) in [6, 6.07) is 6.00. The smallest absolute Gasteiger partial charge is 0.245 e. The molecule has 1 rings (SSSR count). The molecule has 0 saturated carbocycles. The molecule has 16 heavy (non-hydrogen) atoms. The Hall–Kier alpha value is -1.03. The molecular formula is C12H16F3N. The van der Waals surface area contributed by atoms with E-state index in [0.29, 0.717) is 0 Å². The monoisotopic (exact) mass is 231 g/mol. The van der Waals surface area contributed by atoms with Crippen LogP contribution in [-0.4, -0.2) is 5.92 Å². The zero-order valence-electron chi connectivity index (χ0n) is 9.43. The molecule has 90 valence electrons. The molecule has 1 aromatic rings. The Bertz CT molecular complexity index is 356. The van der Waals surface area contributed by atoms with Gasteiger partial charge in [-0.2, -0.15) is 0 Å². The largest absolute Gasteiger partial charge is 0.322 e. The van der Waals surface area contributed by atoms with Crippen LogP contribution in [0.1, 0.15) is 32.3 Å². The second-order valence-corrected chi connectivity index (χ2v) is 4.47. The van der Waals surface area contributed by atoms with Gasteiger partial charge in [0.15, 0.2) is 0 Å². The topological polar surface area (TPSA) is 26.0 Å². The van der Waals surface area contributed by atoms with E-state index in [0.717, 1.165) is 6.92 Å². The van der Waals surface area contributed by atoms with Gasteiger partial charge in [-0.05, 0) is 26.3 Å². The predicted molar refractivity (Wildman–Crippen MR) is 57.8 cm³/mol. The first kappa shape index (κ1) is 13.0. The van der Waals surface area contributed by atoms with Gasteiger partial charge in [0.25, 0.3) is 0 Å². The van der Waals surface area contributed by atoms with Crippen molar-refractivity contribution in [1.29, 1.82) is 0 Å². The number of halogens is 3. The van der Waals surface area contributed by atoms with E-state index in [1.54, 1.807) is 19.1 Å². The third kappa shape index (κ3) is 3.52. The summed E-state index contributed by atoms with van der Waals surface area (Å²) in [5, 5.41) is 0. The standard InChI is InChI=1S/C12H16F3N/c1-11(16,7-8-12(2,14)15)9-5-3-4-6-10(9)13/h3-6H,7-8,16H2,1-2H3. The third-order valence-electron chi connectivity index (χ3n) is 2.57. The fourth-order valence-electron chi connectivity index (χ4n) is 1.54. The van der Waals surface area contributed by atoms with Gasteiger partial charge in [-0.15, -0.1) is 0 Å². The van der Waals surface area contributed by atoms with Crippen LogP contribution in [0.15, 0.2) is 24.3 Å². The number of benzene rings is 1. The van der Waals surface area contributed by atoms with Gasteiger partial charge in [-0.1, -0.05) is 18.2 Å². The van der Waals surface area contributed by atoms with Crippen LogP contribution in [0, 0.1) is 5.82 Å². The lowest BCUT2D eigenvalue weighted by atomic mass is 9.87. The molecule has 0 heterocycles. The van der Waals surface area contributed by atoms with Gasteiger partial charge in [0, 0.05) is 17.5 Å². The average molecular weight is 231 g/mol. The fourth-order valence-corrected chi connectivity index (χ4v) is 1.54. The van der Waals surface area contributed by atoms with Crippen LogP contribution in [0.4, 0.5) is 13.2 Å². The summed E-state index contributed by atoms with van der Waals surface area (Å²) < 4.78 is 38.9. The molecule has 0 saturated heterocycles. The second kappa shape index (κ2) is 4.45. The van der Waals surface area contributed by atoms with Gasteiger partial charge in [0.1, 0.15) is 5.82 Å². The van der Waals surface area contributed by atoms with Gasteiger partial charge in [0.2, 0.25) is 5.92 Å². The van der Waals surface area contributed by atoms with E-state index in [4.69, 9.17) is 5.73 Å². The zero-order valence-corrected chi connectivity index (χ0v) is 9.43. The van der Waals surface area contributed by atoms with Gasteiger partial charge >= 0.3 is 0 Å². The summed E-state index contributed by atoms with van der Waals surface area (Å²) in [6.45, 7) is 2.40. The summed E-state index contributed by atoms with van der Waals surface area (Å²) in [6.07, 6.45) is -0.314. The second-order valence-electron chi connectivity index (χ2n) is 4.47. The number of rotatable bonds is 4. The van der Waals surface area contributed by atoms with Gasteiger partial charge in [0.05, 0.1) is 0 Å². The Balaban J connectivity index is 2.82. The van der Waals surface area contributed by atoms with Crippen LogP contribution in [0.3, 0.4) is 0 Å². The van der Waals surface area contributed by atoms with E-state index in [9.17, 15) is 13.2 Å². The van der Waals surface area contributed by atoms with Crippen LogP contribution in [0.2, 0.25) is 0 Å². The third-order valence-corrected chi connectivity index (χ3v) is 2.57. The molecule has 1 atom stereocenters. The minimum Gasteiger partial charge on any atom is -0.322 e. The van der Waals surface area contributed by atoms with Crippen LogP contribution in [-0.2, 0) is 5.54 Å². The highest BCUT2D eigenvalue weighted by Crippen LogP contribution is 2.30. The Labute approximate surface area is 93.5 Å². The molecule has 1 unspecified atom stereocenters. The van der Waals surface area contributed by atoms with E-state index in [2.05, 4.69) is 0 Å². The predicted octanol–water partition coefficient (Wildman–Crippen LogP) is 3.44. The molecule has 4 heteroatoms. The lowest BCUT2D eigenvalue weighted by molar-refractivity contribution is 0.00521. The molecule has 1 nitrogen and oxygen atoms in total. The summed E-state index contributed by atoms with van der Waals surface area (Å²) >= 11 is 0. The molecule has 0 aliphatic heterocycles. The van der Waals surface area contributed by atoms with Gasteiger partial charge < -0.3 is 5.73 Å². The van der Waals surface area contributed by atoms with Gasteiger partial charge in [-0.25, -0.2) is 13.2 Å². The van der Waals surface area contributed by atoms with Crippen molar-refractivity contribution in [3.05, 3.63) is 35.6 Å². The molecule has 0 aromatic heterocycles. The van der Waals surface area contributed by atoms with Crippen molar-refractivity contribution in [3.8, 4) is 0 Å². The van der Waals surface area contributed by atoms with Crippen LogP contribution in [0.25, 0.3) is 0 Å². The molecule has 1 aromatic carbocycles. The Morgan fingerprint density at radius 1 is 1.12 bits per heavy atom. The van der Waals surface area contributed by atoms with Crippen molar-refractivity contribution in [2.24, 2.45) is 5.73 Å². The first-order valence-electron chi connectivity index (χ1n) is 5.14. The summed E-state index contributed by atoms with van der Waals surface area (Å²) in [5.41, 5.74) is 5.09. The van der Waals surface area contributed by atoms with Crippen molar-refractivity contribution < 1.29 is 13.2 Å². The highest BCUT2D eigenvalue weighted by atomic mass is 19.3. The first-order valence-corrected chi connectivity index (χ1v) is 5.14. The Kier molecular flexibility index (Phi) is 3.63. The molecule has 0 spiro atoms. The maximum absolute atomic E-state index is 13.4. The molecule has 0 bridgehead atoms. The van der Waals surface area contributed by atoms with Crippen molar-refractivity contribution in [2.75, 3.05) is 0 Å². The van der Waals surface area contributed by atoms with Crippen molar-refractivity contribution in [2.45, 2.75) is 38.2 Å². The van der Waals surface area contributed by atoms with Crippen LogP contribution in [0.5, 0.6) is 0 Å². The maximum atomic E-state index is 13.4. The minimum atomic E-state index is -2.77. The molecule has 2 N–H and O–H groups in total. The molecule has 0 radical (unpaired) electrons. The number of nitrogens with two attached hydrogens (primary N) is 1. The van der Waals surface area contributed by atoms with Crippen LogP contribution >= 0.6 is 0 Å². The maximum Gasteiger partial charge on any atom is 0.245 e. The summed E-state index contributed by atoms with van der Waals surface area (Å²) in [4.78, 5) is 0. The lowest BCUT2D eigenvalue weighted by Crippen LogP contribution is -2.35. The highest BCUT2D eigenvalue weighted by Gasteiger charge is 2.30. The molecule has 0 aliphatic rings. The fraction of sp³-hybridized carbons (Fsp3) is 0.500. The van der Waals surface area contributed by atoms with E-state index < -0.39 is 17.3 Å². The summed E-state index contributed by atoms with van der Waals surface area (Å²) in [7, 11) is 0. The zero-order chi connectivity index (χ0) is 12.4. The minimum absolute atomic E-state index is 0.0391. The number of hydrogen-bond donors (Lipinski definition) is 1. The SMILES string of the molecule is CC(F)(F)CCC(C)(N)c1ccccc1F. The van der Waals surface area contributed by atoms with Crippen molar-refractivity contribution in [3.63, 3.8) is 0 Å². The highest BCUT2D eigenvalue weighted by molar-refractivity contribution is 5.24. The Morgan fingerprint density at radius 3 is 2.19 bits per heavy atom. The Morgan fingerprint density at radius 2 is 1.69 bits per heavy atom. The van der Waals surface area contributed by atoms with E-state index in [1.807, 2.05) is 0 Å². The number of alkyl halides is 2. The molecule has 0 aliphatic carbocycles. The van der Waals surface area contributed by atoms with E-state index in [1.165, 1.54) is 12.1 Å². The van der Waals surface area contributed by atoms with Gasteiger partial charge in [-0.3, -0.25) is 0 Å². The average Bonchev–Trinajstić information content (AvgIpc) is 2.14. The number of hydrogen-bond acceptors (Lipinski definition) is 1. The van der Waals surface area contributed by atoms with Crippen LogP contribution < -0.4 is 5.73 Å². The molecule has 0 amide bonds. The quantitative estimate of drug-likeness (QED) is 0.844. The normalized spacial score (nSPS) is 15.9. The first-order chi connectivity index (χ1) is 7.22. The van der Waals surface area contributed by atoms with Crippen molar-refractivity contribution >= 4 is 0 Å². The summed E-state index contributed by atoms with van der Waals surface area (Å²) in [5.74, 6) is -3.22. The van der Waals surface area contributed by atoms with E-state index >= 15 is 0 Å². The lowest BCUT2D eigenvalue weighted by Gasteiger charge is -2.27.